The SMILES string of the molecule is CCNC(=NCc1oc2ccccc2c1C)NCCc1ccc(NC(C)=O)cc1. The largest absolute Gasteiger partial charge is 0.459 e. The lowest BCUT2D eigenvalue weighted by Crippen LogP contribution is -2.38. The zero-order valence-electron chi connectivity index (χ0n) is 17.2. The maximum Gasteiger partial charge on any atom is 0.221 e. The van der Waals surface area contributed by atoms with Crippen molar-refractivity contribution in [3.63, 3.8) is 0 Å². The number of carbonyl (C=O) groups excluding carboxylic acids is 1. The molecular formula is C23H28N4O2. The van der Waals surface area contributed by atoms with Crippen LogP contribution in [0.4, 0.5) is 5.69 Å². The highest BCUT2D eigenvalue weighted by atomic mass is 16.3. The average Bonchev–Trinajstić information content (AvgIpc) is 3.03. The third-order valence-corrected chi connectivity index (χ3v) is 4.65. The standard InChI is InChI=1S/C23H28N4O2/c1-4-24-23(25-14-13-18-9-11-19(12-10-18)27-17(3)28)26-15-22-16(2)20-7-5-6-8-21(20)29-22/h5-12H,4,13-15H2,1-3H3,(H,27,28)(H2,24,25,26). The molecule has 0 aliphatic rings. The Bertz CT molecular complexity index is 990. The normalized spacial score (nSPS) is 11.5. The van der Waals surface area contributed by atoms with Gasteiger partial charge in [-0.3, -0.25) is 4.79 Å². The summed E-state index contributed by atoms with van der Waals surface area (Å²) in [5.74, 6) is 1.59. The van der Waals surface area contributed by atoms with Crippen molar-refractivity contribution in [3.05, 3.63) is 65.4 Å². The van der Waals surface area contributed by atoms with Crippen molar-refractivity contribution >= 4 is 28.5 Å². The number of nitrogens with zero attached hydrogens (tertiary/aromatic N) is 1. The van der Waals surface area contributed by atoms with E-state index in [2.05, 4.69) is 33.9 Å². The number of rotatable bonds is 7. The number of benzene rings is 2. The Kier molecular flexibility index (Phi) is 6.89. The van der Waals surface area contributed by atoms with Crippen molar-refractivity contribution in [2.24, 2.45) is 4.99 Å². The van der Waals surface area contributed by atoms with Gasteiger partial charge in [-0.1, -0.05) is 30.3 Å². The predicted octanol–water partition coefficient (Wildman–Crippen LogP) is 4.00. The second kappa shape index (κ2) is 9.78. The Labute approximate surface area is 171 Å². The van der Waals surface area contributed by atoms with Gasteiger partial charge in [-0.15, -0.1) is 0 Å². The number of nitrogens with one attached hydrogen (secondary N) is 3. The maximum absolute atomic E-state index is 11.1. The van der Waals surface area contributed by atoms with Crippen molar-refractivity contribution in [1.82, 2.24) is 10.6 Å². The number of amides is 1. The summed E-state index contributed by atoms with van der Waals surface area (Å²) in [6.07, 6.45) is 0.856. The fourth-order valence-electron chi connectivity index (χ4n) is 3.15. The molecule has 0 saturated carbocycles. The number of furan rings is 1. The maximum atomic E-state index is 11.1. The van der Waals surface area contributed by atoms with Gasteiger partial charge in [-0.05, 0) is 44.0 Å². The molecule has 0 fully saturated rings. The topological polar surface area (TPSA) is 78.7 Å². The summed E-state index contributed by atoms with van der Waals surface area (Å²) >= 11 is 0. The van der Waals surface area contributed by atoms with Gasteiger partial charge in [0.15, 0.2) is 5.96 Å². The minimum Gasteiger partial charge on any atom is -0.459 e. The number of hydrogen-bond acceptors (Lipinski definition) is 3. The summed E-state index contributed by atoms with van der Waals surface area (Å²) in [4.78, 5) is 15.8. The van der Waals surface area contributed by atoms with Gasteiger partial charge in [0.1, 0.15) is 17.9 Å². The van der Waals surface area contributed by atoms with Gasteiger partial charge < -0.3 is 20.4 Å². The van der Waals surface area contributed by atoms with E-state index >= 15 is 0 Å². The minimum absolute atomic E-state index is 0.0643. The molecule has 1 aromatic heterocycles. The third kappa shape index (κ3) is 5.60. The Morgan fingerprint density at radius 1 is 1.07 bits per heavy atom. The Morgan fingerprint density at radius 3 is 2.52 bits per heavy atom. The van der Waals surface area contributed by atoms with Crippen LogP contribution in [0, 0.1) is 6.92 Å². The van der Waals surface area contributed by atoms with E-state index in [0.717, 1.165) is 53.5 Å². The first-order valence-corrected chi connectivity index (χ1v) is 9.92. The first-order valence-electron chi connectivity index (χ1n) is 9.92. The van der Waals surface area contributed by atoms with Gasteiger partial charge in [-0.2, -0.15) is 0 Å². The number of hydrogen-bond donors (Lipinski definition) is 3. The number of fused-ring (bicyclic) bond motifs is 1. The van der Waals surface area contributed by atoms with E-state index in [-0.39, 0.29) is 5.91 Å². The molecule has 0 atom stereocenters. The average molecular weight is 393 g/mol. The van der Waals surface area contributed by atoms with E-state index in [1.165, 1.54) is 12.5 Å². The lowest BCUT2D eigenvalue weighted by atomic mass is 10.1. The van der Waals surface area contributed by atoms with Crippen LogP contribution < -0.4 is 16.0 Å². The predicted molar refractivity (Wildman–Crippen MR) is 118 cm³/mol. The Morgan fingerprint density at radius 2 is 1.83 bits per heavy atom. The molecule has 3 N–H and O–H groups in total. The van der Waals surface area contributed by atoms with Crippen LogP contribution in [-0.4, -0.2) is 25.0 Å². The smallest absolute Gasteiger partial charge is 0.221 e. The quantitative estimate of drug-likeness (QED) is 0.419. The molecular weight excluding hydrogens is 364 g/mol. The monoisotopic (exact) mass is 392 g/mol. The molecule has 0 spiro atoms. The zero-order valence-corrected chi connectivity index (χ0v) is 17.2. The van der Waals surface area contributed by atoms with E-state index < -0.39 is 0 Å². The molecule has 2 aromatic carbocycles. The number of aryl methyl sites for hydroxylation is 1. The van der Waals surface area contributed by atoms with E-state index in [1.807, 2.05) is 49.4 Å². The van der Waals surface area contributed by atoms with Crippen molar-refractivity contribution in [2.75, 3.05) is 18.4 Å². The first kappa shape index (κ1) is 20.5. The van der Waals surface area contributed by atoms with E-state index in [9.17, 15) is 4.79 Å². The second-order valence-electron chi connectivity index (χ2n) is 6.90. The van der Waals surface area contributed by atoms with Gasteiger partial charge in [0.2, 0.25) is 5.91 Å². The molecule has 6 heteroatoms. The van der Waals surface area contributed by atoms with Crippen molar-refractivity contribution in [2.45, 2.75) is 33.7 Å². The minimum atomic E-state index is -0.0643. The fraction of sp³-hybridized carbons (Fsp3) is 0.304. The van der Waals surface area contributed by atoms with Crippen LogP contribution in [0.25, 0.3) is 11.0 Å². The Hall–Kier alpha value is -3.28. The van der Waals surface area contributed by atoms with Crippen molar-refractivity contribution < 1.29 is 9.21 Å². The lowest BCUT2D eigenvalue weighted by molar-refractivity contribution is -0.114. The molecule has 152 valence electrons. The molecule has 6 nitrogen and oxygen atoms in total. The second-order valence-corrected chi connectivity index (χ2v) is 6.90. The number of para-hydroxylation sites is 1. The highest BCUT2D eigenvalue weighted by Gasteiger charge is 2.09. The molecule has 0 unspecified atom stereocenters. The number of guanidine groups is 1. The molecule has 29 heavy (non-hydrogen) atoms. The first-order chi connectivity index (χ1) is 14.1. The molecule has 1 amide bonds. The van der Waals surface area contributed by atoms with Gasteiger partial charge in [-0.25, -0.2) is 4.99 Å². The summed E-state index contributed by atoms with van der Waals surface area (Å²) < 4.78 is 5.95. The molecule has 3 rings (SSSR count). The lowest BCUT2D eigenvalue weighted by Gasteiger charge is -2.11. The highest BCUT2D eigenvalue weighted by molar-refractivity contribution is 5.88. The highest BCUT2D eigenvalue weighted by Crippen LogP contribution is 2.25. The molecule has 1 heterocycles. The molecule has 0 bridgehead atoms. The Balaban J connectivity index is 1.57. The van der Waals surface area contributed by atoms with Crippen LogP contribution >= 0.6 is 0 Å². The number of anilines is 1. The van der Waals surface area contributed by atoms with E-state index in [0.29, 0.717) is 6.54 Å². The van der Waals surface area contributed by atoms with Crippen LogP contribution in [-0.2, 0) is 17.8 Å². The van der Waals surface area contributed by atoms with Gasteiger partial charge in [0.25, 0.3) is 0 Å². The summed E-state index contributed by atoms with van der Waals surface area (Å²) in [7, 11) is 0. The zero-order chi connectivity index (χ0) is 20.6. The fourth-order valence-corrected chi connectivity index (χ4v) is 3.15. The summed E-state index contributed by atoms with van der Waals surface area (Å²) in [5.41, 5.74) is 4.04. The molecule has 0 aliphatic heterocycles. The summed E-state index contributed by atoms with van der Waals surface area (Å²) in [6, 6.07) is 15.9. The van der Waals surface area contributed by atoms with Crippen LogP contribution in [0.3, 0.4) is 0 Å². The number of carbonyl (C=O) groups is 1. The van der Waals surface area contributed by atoms with Gasteiger partial charge in [0.05, 0.1) is 0 Å². The molecule has 0 radical (unpaired) electrons. The van der Waals surface area contributed by atoms with Crippen molar-refractivity contribution in [1.29, 1.82) is 0 Å². The van der Waals surface area contributed by atoms with Crippen LogP contribution in [0.15, 0.2) is 57.9 Å². The van der Waals surface area contributed by atoms with E-state index in [1.54, 1.807) is 0 Å². The third-order valence-electron chi connectivity index (χ3n) is 4.65. The van der Waals surface area contributed by atoms with Gasteiger partial charge >= 0.3 is 0 Å². The molecule has 0 aliphatic carbocycles. The van der Waals surface area contributed by atoms with Crippen LogP contribution in [0.1, 0.15) is 30.7 Å². The molecule has 0 saturated heterocycles. The van der Waals surface area contributed by atoms with Gasteiger partial charge in [0, 0.05) is 36.7 Å². The molecule has 3 aromatic rings. The van der Waals surface area contributed by atoms with Crippen molar-refractivity contribution in [3.8, 4) is 0 Å². The van der Waals surface area contributed by atoms with Crippen LogP contribution in [0.2, 0.25) is 0 Å². The van der Waals surface area contributed by atoms with Crippen LogP contribution in [0.5, 0.6) is 0 Å². The van der Waals surface area contributed by atoms with E-state index in [4.69, 9.17) is 4.42 Å². The summed E-state index contributed by atoms with van der Waals surface area (Å²) in [6.45, 7) is 7.65. The number of aliphatic imine (C=N–C) groups is 1. The summed E-state index contributed by atoms with van der Waals surface area (Å²) in [5, 5.41) is 10.6.